The Kier molecular flexibility index (Phi) is 6.89. The van der Waals surface area contributed by atoms with Gasteiger partial charge in [-0.3, -0.25) is 10.1 Å². The van der Waals surface area contributed by atoms with E-state index in [0.29, 0.717) is 41.1 Å². The summed E-state index contributed by atoms with van der Waals surface area (Å²) in [5, 5.41) is 7.87. The van der Waals surface area contributed by atoms with Crippen LogP contribution >= 0.6 is 11.3 Å². The predicted molar refractivity (Wildman–Crippen MR) is 112 cm³/mol. The van der Waals surface area contributed by atoms with Crippen LogP contribution in [0.1, 0.15) is 5.69 Å². The fourth-order valence-electron chi connectivity index (χ4n) is 2.90. The maximum atomic E-state index is 12.4. The van der Waals surface area contributed by atoms with Crippen molar-refractivity contribution in [2.45, 2.75) is 6.42 Å². The molecule has 0 aliphatic carbocycles. The number of nitrogens with zero attached hydrogens (tertiary/aromatic N) is 3. The molecule has 1 aliphatic heterocycles. The third-order valence-electron chi connectivity index (χ3n) is 4.58. The molecule has 10 heteroatoms. The van der Waals surface area contributed by atoms with E-state index >= 15 is 0 Å². The van der Waals surface area contributed by atoms with Crippen molar-refractivity contribution in [3.8, 4) is 11.5 Å². The van der Waals surface area contributed by atoms with E-state index in [1.807, 2.05) is 7.05 Å². The maximum absolute atomic E-state index is 12.4. The number of rotatable bonds is 6. The molecule has 9 nitrogen and oxygen atoms in total. The number of hydrogen-bond donors (Lipinski definition) is 2. The van der Waals surface area contributed by atoms with Crippen molar-refractivity contribution < 1.29 is 19.1 Å². The van der Waals surface area contributed by atoms with Crippen LogP contribution in [0.15, 0.2) is 23.6 Å². The van der Waals surface area contributed by atoms with Crippen LogP contribution in [0.3, 0.4) is 0 Å². The van der Waals surface area contributed by atoms with Gasteiger partial charge in [-0.15, -0.1) is 11.3 Å². The van der Waals surface area contributed by atoms with Crippen molar-refractivity contribution in [3.63, 3.8) is 0 Å². The lowest BCUT2D eigenvalue weighted by Crippen LogP contribution is -2.48. The average molecular weight is 420 g/mol. The third-order valence-corrected chi connectivity index (χ3v) is 5.39. The van der Waals surface area contributed by atoms with Crippen LogP contribution in [0.25, 0.3) is 0 Å². The fourth-order valence-corrected chi connectivity index (χ4v) is 3.60. The number of amides is 3. The van der Waals surface area contributed by atoms with Crippen LogP contribution in [-0.2, 0) is 11.2 Å². The van der Waals surface area contributed by atoms with Crippen molar-refractivity contribution in [3.05, 3.63) is 29.3 Å². The summed E-state index contributed by atoms with van der Waals surface area (Å²) in [5.41, 5.74) is 1.11. The van der Waals surface area contributed by atoms with Gasteiger partial charge in [0.2, 0.25) is 5.91 Å². The molecule has 2 N–H and O–H groups in total. The summed E-state index contributed by atoms with van der Waals surface area (Å²) in [6.45, 7) is 3.07. The number of piperazine rings is 1. The Morgan fingerprint density at radius 3 is 2.59 bits per heavy atom. The van der Waals surface area contributed by atoms with Gasteiger partial charge in [-0.2, -0.15) is 0 Å². The molecule has 1 aromatic carbocycles. The van der Waals surface area contributed by atoms with Crippen molar-refractivity contribution in [1.82, 2.24) is 14.8 Å². The summed E-state index contributed by atoms with van der Waals surface area (Å²) in [4.78, 5) is 33.1. The van der Waals surface area contributed by atoms with Gasteiger partial charge in [0.15, 0.2) is 5.13 Å². The standard InChI is InChI=1S/C19H25N5O4S/c1-23-6-8-24(9-7-23)19(26)22-18-20-13(12-29-18)10-17(25)21-15-11-14(27-2)4-5-16(15)28-3/h4-5,11-12H,6-10H2,1-3H3,(H,21,25)(H,20,22,26). The van der Waals surface area contributed by atoms with E-state index in [1.54, 1.807) is 35.6 Å². The lowest BCUT2D eigenvalue weighted by Gasteiger charge is -2.32. The summed E-state index contributed by atoms with van der Waals surface area (Å²) in [7, 11) is 5.13. The molecule has 0 atom stereocenters. The number of likely N-dealkylation sites (N-methyl/N-ethyl adjacent to an activating group) is 1. The molecular formula is C19H25N5O4S. The summed E-state index contributed by atoms with van der Waals surface area (Å²) in [6, 6.07) is 5.01. The molecular weight excluding hydrogens is 394 g/mol. The Hall–Kier alpha value is -2.85. The SMILES string of the molecule is COc1ccc(OC)c(NC(=O)Cc2csc(NC(=O)N3CCN(C)CC3)n2)c1. The lowest BCUT2D eigenvalue weighted by molar-refractivity contribution is -0.115. The molecule has 3 amide bonds. The van der Waals surface area contributed by atoms with Gasteiger partial charge in [0, 0.05) is 37.6 Å². The molecule has 1 aliphatic rings. The summed E-state index contributed by atoms with van der Waals surface area (Å²) in [6.07, 6.45) is 0.0846. The molecule has 29 heavy (non-hydrogen) atoms. The molecule has 2 heterocycles. The third kappa shape index (κ3) is 5.58. The number of aromatic nitrogens is 1. The van der Waals surface area contributed by atoms with Gasteiger partial charge in [0.05, 0.1) is 32.0 Å². The van der Waals surface area contributed by atoms with Crippen molar-refractivity contribution >= 4 is 34.1 Å². The number of anilines is 2. The topological polar surface area (TPSA) is 96.0 Å². The quantitative estimate of drug-likeness (QED) is 0.745. The monoisotopic (exact) mass is 419 g/mol. The maximum Gasteiger partial charge on any atom is 0.323 e. The van der Waals surface area contributed by atoms with E-state index in [9.17, 15) is 9.59 Å². The lowest BCUT2D eigenvalue weighted by atomic mass is 10.2. The molecule has 0 radical (unpaired) electrons. The first-order valence-corrected chi connectivity index (χ1v) is 10.1. The number of ether oxygens (including phenoxy) is 2. The van der Waals surface area contributed by atoms with E-state index in [2.05, 4.69) is 20.5 Å². The molecule has 0 unspecified atom stereocenters. The van der Waals surface area contributed by atoms with Crippen molar-refractivity contribution in [2.24, 2.45) is 0 Å². The van der Waals surface area contributed by atoms with Gasteiger partial charge in [-0.25, -0.2) is 9.78 Å². The second-order valence-corrected chi connectivity index (χ2v) is 7.51. The second-order valence-electron chi connectivity index (χ2n) is 6.66. The number of nitrogens with one attached hydrogen (secondary N) is 2. The van der Waals surface area contributed by atoms with Gasteiger partial charge in [-0.1, -0.05) is 0 Å². The zero-order chi connectivity index (χ0) is 20.8. The normalized spacial score (nSPS) is 14.4. The first kappa shape index (κ1) is 20.9. The zero-order valence-electron chi connectivity index (χ0n) is 16.7. The number of thiazole rings is 1. The Bertz CT molecular complexity index is 864. The summed E-state index contributed by atoms with van der Waals surface area (Å²) < 4.78 is 10.5. The smallest absolute Gasteiger partial charge is 0.323 e. The number of urea groups is 1. The van der Waals surface area contributed by atoms with Gasteiger partial charge >= 0.3 is 6.03 Å². The first-order valence-electron chi connectivity index (χ1n) is 9.19. The highest BCUT2D eigenvalue weighted by Crippen LogP contribution is 2.29. The van der Waals surface area contributed by atoms with Gasteiger partial charge in [0.25, 0.3) is 0 Å². The van der Waals surface area contributed by atoms with Gasteiger partial charge < -0.3 is 24.6 Å². The Morgan fingerprint density at radius 1 is 1.14 bits per heavy atom. The number of carbonyl (C=O) groups excluding carboxylic acids is 2. The van der Waals surface area contributed by atoms with Crippen LogP contribution in [0, 0.1) is 0 Å². The molecule has 0 saturated carbocycles. The molecule has 156 valence electrons. The minimum atomic E-state index is -0.237. The Labute approximate surface area is 173 Å². The van der Waals surface area contributed by atoms with E-state index < -0.39 is 0 Å². The largest absolute Gasteiger partial charge is 0.497 e. The molecule has 1 fully saturated rings. The van der Waals surface area contributed by atoms with Crippen molar-refractivity contribution in [2.75, 3.05) is 58.1 Å². The Balaban J connectivity index is 1.56. The molecule has 0 bridgehead atoms. The second kappa shape index (κ2) is 9.57. The fraction of sp³-hybridized carbons (Fsp3) is 0.421. The van der Waals surface area contributed by atoms with Crippen LogP contribution in [0.4, 0.5) is 15.6 Å². The Morgan fingerprint density at radius 2 is 1.90 bits per heavy atom. The van der Waals surface area contributed by atoms with Crippen LogP contribution in [0.5, 0.6) is 11.5 Å². The molecule has 1 aromatic heterocycles. The summed E-state index contributed by atoms with van der Waals surface area (Å²) in [5.74, 6) is 0.917. The molecule has 3 rings (SSSR count). The van der Waals surface area contributed by atoms with Crippen molar-refractivity contribution in [1.29, 1.82) is 0 Å². The number of benzene rings is 1. The number of methoxy groups -OCH3 is 2. The highest BCUT2D eigenvalue weighted by molar-refractivity contribution is 7.13. The van der Waals surface area contributed by atoms with E-state index in [-0.39, 0.29) is 18.4 Å². The minimum Gasteiger partial charge on any atom is -0.497 e. The van der Waals surface area contributed by atoms with E-state index in [4.69, 9.17) is 9.47 Å². The summed E-state index contributed by atoms with van der Waals surface area (Å²) >= 11 is 1.30. The van der Waals surface area contributed by atoms with E-state index in [1.165, 1.54) is 18.4 Å². The highest BCUT2D eigenvalue weighted by atomic mass is 32.1. The predicted octanol–water partition coefficient (Wildman–Crippen LogP) is 2.12. The van der Waals surface area contributed by atoms with Crippen LogP contribution in [-0.4, -0.2) is 74.2 Å². The molecule has 0 spiro atoms. The van der Waals surface area contributed by atoms with E-state index in [0.717, 1.165) is 13.1 Å². The average Bonchev–Trinajstić information content (AvgIpc) is 3.14. The van der Waals surface area contributed by atoms with Crippen LogP contribution < -0.4 is 20.1 Å². The molecule has 1 saturated heterocycles. The first-order chi connectivity index (χ1) is 14.0. The molecule has 2 aromatic rings. The zero-order valence-corrected chi connectivity index (χ0v) is 17.5. The number of carbonyl (C=O) groups is 2. The van der Waals surface area contributed by atoms with Gasteiger partial charge in [-0.05, 0) is 19.2 Å². The number of hydrogen-bond acceptors (Lipinski definition) is 7. The van der Waals surface area contributed by atoms with Gasteiger partial charge in [0.1, 0.15) is 11.5 Å². The minimum absolute atomic E-state index is 0.0846. The van der Waals surface area contributed by atoms with Crippen LogP contribution in [0.2, 0.25) is 0 Å². The highest BCUT2D eigenvalue weighted by Gasteiger charge is 2.20.